The first kappa shape index (κ1) is 18.5. The SMILES string of the molecule is Cc1ccc2oc(-c3ccc(NC(=O)c4cc(Cl)ccc4Cl)c(C)c3)nc2c1. The van der Waals surface area contributed by atoms with Crippen LogP contribution in [0.5, 0.6) is 0 Å². The molecular weight excluding hydrogens is 395 g/mol. The van der Waals surface area contributed by atoms with E-state index >= 15 is 0 Å². The molecule has 0 aliphatic rings. The summed E-state index contributed by atoms with van der Waals surface area (Å²) in [6.45, 7) is 3.92. The zero-order chi connectivity index (χ0) is 19.8. The molecule has 0 radical (unpaired) electrons. The van der Waals surface area contributed by atoms with E-state index in [1.165, 1.54) is 0 Å². The zero-order valence-corrected chi connectivity index (χ0v) is 16.7. The lowest BCUT2D eigenvalue weighted by Crippen LogP contribution is -2.13. The number of fused-ring (bicyclic) bond motifs is 1. The first-order valence-electron chi connectivity index (χ1n) is 8.65. The van der Waals surface area contributed by atoms with E-state index in [2.05, 4.69) is 10.3 Å². The van der Waals surface area contributed by atoms with Gasteiger partial charge in [-0.15, -0.1) is 0 Å². The molecule has 4 aromatic rings. The molecule has 140 valence electrons. The molecule has 4 rings (SSSR count). The number of oxazole rings is 1. The maximum Gasteiger partial charge on any atom is 0.257 e. The summed E-state index contributed by atoms with van der Waals surface area (Å²) < 4.78 is 5.85. The third-order valence-electron chi connectivity index (χ3n) is 4.44. The number of hydrogen-bond donors (Lipinski definition) is 1. The number of halogens is 2. The summed E-state index contributed by atoms with van der Waals surface area (Å²) in [6.07, 6.45) is 0. The topological polar surface area (TPSA) is 55.1 Å². The van der Waals surface area contributed by atoms with E-state index in [9.17, 15) is 4.79 Å². The molecule has 0 saturated heterocycles. The maximum absolute atomic E-state index is 12.6. The minimum atomic E-state index is -0.319. The molecule has 1 N–H and O–H groups in total. The van der Waals surface area contributed by atoms with Crippen LogP contribution < -0.4 is 5.32 Å². The number of aryl methyl sites for hydroxylation is 2. The predicted molar refractivity (Wildman–Crippen MR) is 113 cm³/mol. The van der Waals surface area contributed by atoms with Crippen LogP contribution in [0.4, 0.5) is 5.69 Å². The fourth-order valence-electron chi connectivity index (χ4n) is 2.96. The summed E-state index contributed by atoms with van der Waals surface area (Å²) in [7, 11) is 0. The lowest BCUT2D eigenvalue weighted by atomic mass is 10.1. The van der Waals surface area contributed by atoms with Crippen molar-refractivity contribution in [2.45, 2.75) is 13.8 Å². The Balaban J connectivity index is 1.62. The van der Waals surface area contributed by atoms with E-state index < -0.39 is 0 Å². The molecule has 1 aromatic heterocycles. The molecule has 0 fully saturated rings. The number of amides is 1. The third-order valence-corrected chi connectivity index (χ3v) is 5.00. The Morgan fingerprint density at radius 3 is 2.61 bits per heavy atom. The molecule has 1 heterocycles. The average Bonchev–Trinajstić information content (AvgIpc) is 3.08. The quantitative estimate of drug-likeness (QED) is 0.410. The van der Waals surface area contributed by atoms with E-state index in [0.29, 0.717) is 27.2 Å². The number of carbonyl (C=O) groups excluding carboxylic acids is 1. The van der Waals surface area contributed by atoms with Gasteiger partial charge in [-0.3, -0.25) is 4.79 Å². The first-order valence-corrected chi connectivity index (χ1v) is 9.41. The minimum Gasteiger partial charge on any atom is -0.436 e. The van der Waals surface area contributed by atoms with Crippen LogP contribution in [0.1, 0.15) is 21.5 Å². The fourth-order valence-corrected chi connectivity index (χ4v) is 3.33. The number of nitrogens with one attached hydrogen (secondary N) is 1. The van der Waals surface area contributed by atoms with Gasteiger partial charge in [0, 0.05) is 16.3 Å². The molecule has 28 heavy (non-hydrogen) atoms. The molecule has 0 unspecified atom stereocenters. The van der Waals surface area contributed by atoms with E-state index in [-0.39, 0.29) is 5.91 Å². The Bertz CT molecular complexity index is 1210. The summed E-state index contributed by atoms with van der Waals surface area (Å²) in [4.78, 5) is 17.1. The van der Waals surface area contributed by atoms with Crippen molar-refractivity contribution in [1.29, 1.82) is 0 Å². The van der Waals surface area contributed by atoms with Gasteiger partial charge in [0.25, 0.3) is 5.91 Å². The maximum atomic E-state index is 12.6. The second kappa shape index (κ2) is 7.30. The zero-order valence-electron chi connectivity index (χ0n) is 15.2. The van der Waals surface area contributed by atoms with Crippen LogP contribution in [0.3, 0.4) is 0 Å². The van der Waals surface area contributed by atoms with E-state index in [4.69, 9.17) is 27.6 Å². The van der Waals surface area contributed by atoms with Crippen LogP contribution >= 0.6 is 23.2 Å². The van der Waals surface area contributed by atoms with Crippen LogP contribution in [-0.4, -0.2) is 10.9 Å². The van der Waals surface area contributed by atoms with Crippen LogP contribution in [-0.2, 0) is 0 Å². The molecule has 4 nitrogen and oxygen atoms in total. The van der Waals surface area contributed by atoms with Gasteiger partial charge in [0.2, 0.25) is 5.89 Å². The van der Waals surface area contributed by atoms with Crippen molar-refractivity contribution in [3.05, 3.63) is 81.3 Å². The van der Waals surface area contributed by atoms with Gasteiger partial charge < -0.3 is 9.73 Å². The fraction of sp³-hybridized carbons (Fsp3) is 0.0909. The summed E-state index contributed by atoms with van der Waals surface area (Å²) in [5.74, 6) is 0.222. The second-order valence-electron chi connectivity index (χ2n) is 6.60. The highest BCUT2D eigenvalue weighted by Crippen LogP contribution is 2.29. The third kappa shape index (κ3) is 3.61. The molecule has 0 aliphatic heterocycles. The number of benzene rings is 3. The van der Waals surface area contributed by atoms with Gasteiger partial charge in [-0.2, -0.15) is 0 Å². The lowest BCUT2D eigenvalue weighted by Gasteiger charge is -2.10. The summed E-state index contributed by atoms with van der Waals surface area (Å²) >= 11 is 12.1. The number of hydrogen-bond acceptors (Lipinski definition) is 3. The van der Waals surface area contributed by atoms with Gasteiger partial charge in [0.05, 0.1) is 10.6 Å². The highest BCUT2D eigenvalue weighted by atomic mass is 35.5. The van der Waals surface area contributed by atoms with Crippen molar-refractivity contribution in [3.63, 3.8) is 0 Å². The van der Waals surface area contributed by atoms with Crippen LogP contribution in [0, 0.1) is 13.8 Å². The Morgan fingerprint density at radius 1 is 1.00 bits per heavy atom. The van der Waals surface area contributed by atoms with Crippen molar-refractivity contribution < 1.29 is 9.21 Å². The van der Waals surface area contributed by atoms with Crippen LogP contribution in [0.25, 0.3) is 22.6 Å². The van der Waals surface area contributed by atoms with Gasteiger partial charge in [-0.25, -0.2) is 4.98 Å². The molecule has 1 amide bonds. The molecule has 0 bridgehead atoms. The highest BCUT2D eigenvalue weighted by Gasteiger charge is 2.14. The van der Waals surface area contributed by atoms with E-state index in [0.717, 1.165) is 27.8 Å². The Kier molecular flexibility index (Phi) is 4.84. The summed E-state index contributed by atoms with van der Waals surface area (Å²) in [6, 6.07) is 16.3. The van der Waals surface area contributed by atoms with E-state index in [1.54, 1.807) is 18.2 Å². The molecular formula is C22H16Cl2N2O2. The Labute approximate surface area is 172 Å². The van der Waals surface area contributed by atoms with Gasteiger partial charge in [0.15, 0.2) is 5.58 Å². The molecule has 0 atom stereocenters. The molecule has 6 heteroatoms. The van der Waals surface area contributed by atoms with Gasteiger partial charge in [0.1, 0.15) is 5.52 Å². The Hall–Kier alpha value is -2.82. The van der Waals surface area contributed by atoms with E-state index in [1.807, 2.05) is 50.2 Å². The smallest absolute Gasteiger partial charge is 0.257 e. The van der Waals surface area contributed by atoms with Crippen molar-refractivity contribution in [2.75, 3.05) is 5.32 Å². The monoisotopic (exact) mass is 410 g/mol. The molecule has 0 spiro atoms. The van der Waals surface area contributed by atoms with Crippen molar-refractivity contribution in [2.24, 2.45) is 0 Å². The average molecular weight is 411 g/mol. The molecule has 0 saturated carbocycles. The van der Waals surface area contributed by atoms with Gasteiger partial charge in [-0.1, -0.05) is 29.3 Å². The van der Waals surface area contributed by atoms with Crippen molar-refractivity contribution in [3.8, 4) is 11.5 Å². The highest BCUT2D eigenvalue weighted by molar-refractivity contribution is 6.36. The van der Waals surface area contributed by atoms with Crippen LogP contribution in [0.2, 0.25) is 10.0 Å². The summed E-state index contributed by atoms with van der Waals surface area (Å²) in [5.41, 5.74) is 5.41. The second-order valence-corrected chi connectivity index (χ2v) is 7.44. The van der Waals surface area contributed by atoms with Gasteiger partial charge in [-0.05, 0) is 73.5 Å². The number of nitrogens with zero attached hydrogens (tertiary/aromatic N) is 1. The number of carbonyl (C=O) groups is 1. The lowest BCUT2D eigenvalue weighted by molar-refractivity contribution is 0.102. The largest absolute Gasteiger partial charge is 0.436 e. The first-order chi connectivity index (χ1) is 13.4. The normalized spacial score (nSPS) is 11.0. The van der Waals surface area contributed by atoms with Crippen molar-refractivity contribution in [1.82, 2.24) is 4.98 Å². The van der Waals surface area contributed by atoms with Crippen molar-refractivity contribution >= 4 is 45.9 Å². The Morgan fingerprint density at radius 2 is 1.82 bits per heavy atom. The molecule has 3 aromatic carbocycles. The van der Waals surface area contributed by atoms with Crippen LogP contribution in [0.15, 0.2) is 59.0 Å². The number of rotatable bonds is 3. The minimum absolute atomic E-state index is 0.319. The predicted octanol–water partition coefficient (Wildman–Crippen LogP) is 6.67. The molecule has 0 aliphatic carbocycles. The summed E-state index contributed by atoms with van der Waals surface area (Å²) in [5, 5.41) is 3.67. The van der Waals surface area contributed by atoms with Gasteiger partial charge >= 0.3 is 0 Å². The standard InChI is InChI=1S/C22H16Cl2N2O2/c1-12-3-8-20-19(9-12)26-22(28-20)14-4-7-18(13(2)10-14)25-21(27)16-11-15(23)5-6-17(16)24/h3-11H,1-2H3,(H,25,27). The number of aromatic nitrogens is 1. The number of anilines is 1.